The summed E-state index contributed by atoms with van der Waals surface area (Å²) < 4.78 is 6.33. The molecule has 3 aliphatic rings. The lowest BCUT2D eigenvalue weighted by molar-refractivity contribution is -0.0478. The van der Waals surface area contributed by atoms with Crippen molar-refractivity contribution >= 4 is 6.03 Å². The first kappa shape index (κ1) is 24.7. The van der Waals surface area contributed by atoms with Crippen LogP contribution in [0.5, 0.6) is 0 Å². The molecule has 1 aliphatic heterocycles. The molecule has 8 nitrogen and oxygen atoms in total. The van der Waals surface area contributed by atoms with E-state index >= 15 is 0 Å². The number of carbonyl (C=O) groups excluding carboxylic acids is 1. The van der Waals surface area contributed by atoms with Crippen LogP contribution in [0.4, 0.5) is 4.79 Å². The molecule has 0 aromatic heterocycles. The van der Waals surface area contributed by atoms with E-state index in [0.29, 0.717) is 18.2 Å². The van der Waals surface area contributed by atoms with Crippen LogP contribution < -0.4 is 26.6 Å². The van der Waals surface area contributed by atoms with E-state index < -0.39 is 0 Å². The zero-order valence-corrected chi connectivity index (χ0v) is 19.9. The third kappa shape index (κ3) is 9.22. The standard InChI is InChI=1S/C23H46N6O2/c1-17-16-21(24-14-7-15-29(2)3)27-22(25-17)28-23(30)26-18-10-12-20(13-11-18)31-19-8-5-4-6-9-19/h17-22,24-25,27H,4-16H2,1-3H3,(H2,26,28,30). The van der Waals surface area contributed by atoms with Gasteiger partial charge in [0.1, 0.15) is 6.29 Å². The molecular formula is C23H46N6O2. The van der Waals surface area contributed by atoms with Crippen LogP contribution in [0.3, 0.4) is 0 Å². The summed E-state index contributed by atoms with van der Waals surface area (Å²) in [5.74, 6) is 0. The van der Waals surface area contributed by atoms with Crippen LogP contribution in [0, 0.1) is 0 Å². The lowest BCUT2D eigenvalue weighted by Crippen LogP contribution is -2.68. The van der Waals surface area contributed by atoms with Gasteiger partial charge in [0.25, 0.3) is 0 Å². The van der Waals surface area contributed by atoms with Crippen LogP contribution in [-0.4, -0.2) is 74.9 Å². The fourth-order valence-corrected chi connectivity index (χ4v) is 5.10. The van der Waals surface area contributed by atoms with E-state index in [0.717, 1.165) is 51.6 Å². The number of carbonyl (C=O) groups is 1. The van der Waals surface area contributed by atoms with Crippen molar-refractivity contribution in [3.63, 3.8) is 0 Å². The number of rotatable bonds is 9. The van der Waals surface area contributed by atoms with Crippen LogP contribution in [-0.2, 0) is 4.74 Å². The Balaban J connectivity index is 1.31. The molecule has 0 spiro atoms. The molecule has 180 valence electrons. The highest BCUT2D eigenvalue weighted by atomic mass is 16.5. The maximum atomic E-state index is 12.6. The van der Waals surface area contributed by atoms with E-state index in [4.69, 9.17) is 4.74 Å². The van der Waals surface area contributed by atoms with Gasteiger partial charge in [-0.1, -0.05) is 19.3 Å². The highest BCUT2D eigenvalue weighted by molar-refractivity contribution is 5.74. The molecule has 2 saturated carbocycles. The molecule has 2 amide bonds. The van der Waals surface area contributed by atoms with E-state index in [1.54, 1.807) is 0 Å². The van der Waals surface area contributed by atoms with Gasteiger partial charge in [-0.05, 0) is 85.5 Å². The van der Waals surface area contributed by atoms with Gasteiger partial charge in [0.2, 0.25) is 0 Å². The lowest BCUT2D eigenvalue weighted by atomic mass is 9.92. The third-order valence-corrected chi connectivity index (χ3v) is 6.80. The average molecular weight is 439 g/mol. The molecule has 0 aromatic rings. The van der Waals surface area contributed by atoms with Gasteiger partial charge in [0.05, 0.1) is 18.4 Å². The minimum Gasteiger partial charge on any atom is -0.375 e. The monoisotopic (exact) mass is 438 g/mol. The number of hydrogen-bond donors (Lipinski definition) is 5. The van der Waals surface area contributed by atoms with E-state index in [2.05, 4.69) is 52.5 Å². The predicted octanol–water partition coefficient (Wildman–Crippen LogP) is 2.07. The molecule has 31 heavy (non-hydrogen) atoms. The van der Waals surface area contributed by atoms with Crippen molar-refractivity contribution in [1.29, 1.82) is 0 Å². The summed E-state index contributed by atoms with van der Waals surface area (Å²) >= 11 is 0. The Kier molecular flexibility index (Phi) is 10.3. The first-order valence-corrected chi connectivity index (χ1v) is 12.6. The van der Waals surface area contributed by atoms with Gasteiger partial charge in [-0.3, -0.25) is 10.6 Å². The average Bonchev–Trinajstić information content (AvgIpc) is 2.73. The fraction of sp³-hybridized carbons (Fsp3) is 0.957. The summed E-state index contributed by atoms with van der Waals surface area (Å²) in [5, 5.41) is 16.7. The summed E-state index contributed by atoms with van der Waals surface area (Å²) in [5.41, 5.74) is 0. The lowest BCUT2D eigenvalue weighted by Gasteiger charge is -2.37. The number of amides is 2. The molecule has 3 unspecified atom stereocenters. The molecule has 0 radical (unpaired) electrons. The van der Waals surface area contributed by atoms with Crippen LogP contribution in [0.2, 0.25) is 0 Å². The molecule has 0 aromatic carbocycles. The van der Waals surface area contributed by atoms with Gasteiger partial charge in [-0.2, -0.15) is 0 Å². The third-order valence-electron chi connectivity index (χ3n) is 6.80. The molecule has 3 fully saturated rings. The summed E-state index contributed by atoms with van der Waals surface area (Å²) in [6.45, 7) is 4.20. The van der Waals surface area contributed by atoms with Crippen LogP contribution in [0.25, 0.3) is 0 Å². The van der Waals surface area contributed by atoms with E-state index in [1.807, 2.05) is 0 Å². The van der Waals surface area contributed by atoms with Crippen LogP contribution >= 0.6 is 0 Å². The molecular weight excluding hydrogens is 392 g/mol. The zero-order chi connectivity index (χ0) is 22.1. The Morgan fingerprint density at radius 2 is 1.68 bits per heavy atom. The van der Waals surface area contributed by atoms with Crippen LogP contribution in [0.1, 0.15) is 77.6 Å². The molecule has 1 heterocycles. The van der Waals surface area contributed by atoms with Gasteiger partial charge >= 0.3 is 6.03 Å². The smallest absolute Gasteiger partial charge is 0.317 e. The molecule has 8 heteroatoms. The van der Waals surface area contributed by atoms with Crippen molar-refractivity contribution in [1.82, 2.24) is 31.5 Å². The topological polar surface area (TPSA) is 89.7 Å². The molecule has 3 atom stereocenters. The summed E-state index contributed by atoms with van der Waals surface area (Å²) in [6, 6.07) is 0.486. The van der Waals surface area contributed by atoms with Gasteiger partial charge in [0, 0.05) is 12.1 Å². The molecule has 5 N–H and O–H groups in total. The van der Waals surface area contributed by atoms with Gasteiger partial charge in [-0.15, -0.1) is 0 Å². The summed E-state index contributed by atoms with van der Waals surface area (Å²) in [6.07, 6.45) is 13.5. The molecule has 2 aliphatic carbocycles. The fourth-order valence-electron chi connectivity index (χ4n) is 5.10. The van der Waals surface area contributed by atoms with Crippen molar-refractivity contribution in [2.24, 2.45) is 0 Å². The maximum absolute atomic E-state index is 12.6. The van der Waals surface area contributed by atoms with E-state index in [1.165, 1.54) is 32.1 Å². The first-order valence-electron chi connectivity index (χ1n) is 12.6. The predicted molar refractivity (Wildman–Crippen MR) is 125 cm³/mol. The van der Waals surface area contributed by atoms with Crippen molar-refractivity contribution in [3.8, 4) is 0 Å². The number of nitrogens with zero attached hydrogens (tertiary/aromatic N) is 1. The van der Waals surface area contributed by atoms with Gasteiger partial charge in [0.15, 0.2) is 0 Å². The van der Waals surface area contributed by atoms with Crippen molar-refractivity contribution < 1.29 is 9.53 Å². The first-order chi connectivity index (χ1) is 15.0. The Labute approximate surface area is 189 Å². The second kappa shape index (κ2) is 12.9. The summed E-state index contributed by atoms with van der Waals surface area (Å²) in [7, 11) is 4.19. The Morgan fingerprint density at radius 1 is 0.968 bits per heavy atom. The Bertz CT molecular complexity index is 520. The number of hydrogen-bond acceptors (Lipinski definition) is 6. The SMILES string of the molecule is CC1CC(NCCCN(C)C)NC(NC(=O)NC2CCC(OC3CCCCC3)CC2)N1. The summed E-state index contributed by atoms with van der Waals surface area (Å²) in [4.78, 5) is 14.8. The number of nitrogens with one attached hydrogen (secondary N) is 5. The van der Waals surface area contributed by atoms with Crippen molar-refractivity contribution in [3.05, 3.63) is 0 Å². The van der Waals surface area contributed by atoms with Gasteiger partial charge < -0.3 is 25.6 Å². The number of urea groups is 1. The van der Waals surface area contributed by atoms with E-state index in [-0.39, 0.29) is 24.5 Å². The second-order valence-electron chi connectivity index (χ2n) is 10.1. The van der Waals surface area contributed by atoms with Crippen molar-refractivity contribution in [2.45, 2.75) is 114 Å². The molecule has 1 saturated heterocycles. The van der Waals surface area contributed by atoms with Crippen molar-refractivity contribution in [2.75, 3.05) is 27.2 Å². The second-order valence-corrected chi connectivity index (χ2v) is 10.1. The minimum atomic E-state index is -0.221. The van der Waals surface area contributed by atoms with E-state index in [9.17, 15) is 4.79 Å². The van der Waals surface area contributed by atoms with Crippen LogP contribution in [0.15, 0.2) is 0 Å². The quantitative estimate of drug-likeness (QED) is 0.354. The highest BCUT2D eigenvalue weighted by Crippen LogP contribution is 2.27. The zero-order valence-electron chi connectivity index (χ0n) is 19.9. The van der Waals surface area contributed by atoms with Gasteiger partial charge in [-0.25, -0.2) is 4.79 Å². The largest absolute Gasteiger partial charge is 0.375 e. The maximum Gasteiger partial charge on any atom is 0.317 e. The number of ether oxygens (including phenoxy) is 1. The Morgan fingerprint density at radius 3 is 2.39 bits per heavy atom. The normalized spacial score (nSPS) is 32.7. The molecule has 3 rings (SSSR count). The molecule has 0 bridgehead atoms. The Hall–Kier alpha value is -0.930. The highest BCUT2D eigenvalue weighted by Gasteiger charge is 2.28. The minimum absolute atomic E-state index is 0.0953.